The van der Waals surface area contributed by atoms with Crippen LogP contribution in [-0.2, 0) is 6.61 Å². The molecule has 1 aliphatic rings. The third-order valence-corrected chi connectivity index (χ3v) is 5.67. The number of likely N-dealkylation sites (N-methyl/N-ethyl adjacent to an activating group) is 2. The summed E-state index contributed by atoms with van der Waals surface area (Å²) >= 11 is 1.63. The molecule has 4 nitrogen and oxygen atoms in total. The SMILES string of the molecule is CC(C)c1nc(N(C)CC2(N(C)C)CCC2)sc1CO. The minimum Gasteiger partial charge on any atom is -0.391 e. The van der Waals surface area contributed by atoms with Crippen molar-refractivity contribution in [3.05, 3.63) is 10.6 Å². The van der Waals surface area contributed by atoms with Crippen LogP contribution in [0.2, 0.25) is 0 Å². The van der Waals surface area contributed by atoms with Crippen molar-refractivity contribution >= 4 is 16.5 Å². The van der Waals surface area contributed by atoms with Crippen molar-refractivity contribution in [2.24, 2.45) is 0 Å². The Morgan fingerprint density at radius 1 is 1.30 bits per heavy atom. The highest BCUT2D eigenvalue weighted by Gasteiger charge is 2.40. The molecule has 1 N–H and O–H groups in total. The molecule has 2 rings (SSSR count). The number of aliphatic hydroxyl groups is 1. The molecule has 0 atom stereocenters. The van der Waals surface area contributed by atoms with Crippen LogP contribution in [0.15, 0.2) is 0 Å². The summed E-state index contributed by atoms with van der Waals surface area (Å²) in [5, 5.41) is 10.5. The second-order valence-electron chi connectivity index (χ2n) is 6.45. The molecule has 0 saturated heterocycles. The summed E-state index contributed by atoms with van der Waals surface area (Å²) < 4.78 is 0. The first kappa shape index (κ1) is 15.7. The molecule has 0 bridgehead atoms. The van der Waals surface area contributed by atoms with Gasteiger partial charge in [-0.3, -0.25) is 0 Å². The smallest absolute Gasteiger partial charge is 0.185 e. The Morgan fingerprint density at radius 2 is 1.95 bits per heavy atom. The van der Waals surface area contributed by atoms with E-state index in [9.17, 15) is 5.11 Å². The van der Waals surface area contributed by atoms with Gasteiger partial charge in [0.2, 0.25) is 0 Å². The summed E-state index contributed by atoms with van der Waals surface area (Å²) in [6.45, 7) is 5.37. The average molecular weight is 297 g/mol. The largest absolute Gasteiger partial charge is 0.391 e. The van der Waals surface area contributed by atoms with Crippen LogP contribution in [-0.4, -0.2) is 48.2 Å². The van der Waals surface area contributed by atoms with Crippen molar-refractivity contribution in [2.75, 3.05) is 32.6 Å². The lowest BCUT2D eigenvalue weighted by Gasteiger charge is -2.49. The third-order valence-electron chi connectivity index (χ3n) is 4.50. The maximum absolute atomic E-state index is 9.48. The van der Waals surface area contributed by atoms with Crippen LogP contribution < -0.4 is 4.90 Å². The van der Waals surface area contributed by atoms with E-state index in [1.807, 2.05) is 0 Å². The third kappa shape index (κ3) is 2.85. The van der Waals surface area contributed by atoms with Gasteiger partial charge in [-0.2, -0.15) is 0 Å². The molecule has 0 aliphatic heterocycles. The van der Waals surface area contributed by atoms with E-state index in [-0.39, 0.29) is 6.61 Å². The fraction of sp³-hybridized carbons (Fsp3) is 0.800. The second-order valence-corrected chi connectivity index (χ2v) is 7.51. The molecule has 5 heteroatoms. The van der Waals surface area contributed by atoms with E-state index < -0.39 is 0 Å². The number of aliphatic hydroxyl groups excluding tert-OH is 1. The van der Waals surface area contributed by atoms with Gasteiger partial charge in [0.25, 0.3) is 0 Å². The van der Waals surface area contributed by atoms with Crippen molar-refractivity contribution in [3.8, 4) is 0 Å². The van der Waals surface area contributed by atoms with E-state index in [4.69, 9.17) is 4.98 Å². The lowest BCUT2D eigenvalue weighted by molar-refractivity contribution is 0.0683. The Bertz CT molecular complexity index is 452. The topological polar surface area (TPSA) is 39.6 Å². The Labute approximate surface area is 126 Å². The van der Waals surface area contributed by atoms with Crippen molar-refractivity contribution in [2.45, 2.75) is 51.2 Å². The Kier molecular flexibility index (Phi) is 4.72. The molecule has 0 unspecified atom stereocenters. The molecule has 1 heterocycles. The molecular weight excluding hydrogens is 270 g/mol. The highest BCUT2D eigenvalue weighted by Crippen LogP contribution is 2.38. The van der Waals surface area contributed by atoms with Gasteiger partial charge >= 0.3 is 0 Å². The van der Waals surface area contributed by atoms with E-state index in [0.717, 1.165) is 22.2 Å². The summed E-state index contributed by atoms with van der Waals surface area (Å²) in [6, 6.07) is 0. The molecule has 1 aromatic rings. The predicted molar refractivity (Wildman–Crippen MR) is 85.7 cm³/mol. The van der Waals surface area contributed by atoms with Crippen LogP contribution in [0.3, 0.4) is 0 Å². The number of thiazole rings is 1. The van der Waals surface area contributed by atoms with E-state index in [2.05, 4.69) is 44.8 Å². The van der Waals surface area contributed by atoms with Crippen LogP contribution in [0, 0.1) is 0 Å². The summed E-state index contributed by atoms with van der Waals surface area (Å²) in [5.74, 6) is 0.363. The number of hydrogen-bond donors (Lipinski definition) is 1. The van der Waals surface area contributed by atoms with Crippen LogP contribution in [0.5, 0.6) is 0 Å². The minimum atomic E-state index is 0.0951. The van der Waals surface area contributed by atoms with Crippen molar-refractivity contribution in [1.29, 1.82) is 0 Å². The fourth-order valence-electron chi connectivity index (χ4n) is 2.92. The van der Waals surface area contributed by atoms with Gasteiger partial charge in [-0.25, -0.2) is 4.98 Å². The second kappa shape index (κ2) is 6.00. The van der Waals surface area contributed by atoms with E-state index in [1.165, 1.54) is 19.3 Å². The standard InChI is InChI=1S/C15H27N3OS/c1-11(2)13-12(9-19)20-14(16-13)18(5)10-15(17(3)4)7-6-8-15/h11,19H,6-10H2,1-5H3. The zero-order valence-corrected chi connectivity index (χ0v) is 14.1. The molecule has 0 spiro atoms. The van der Waals surface area contributed by atoms with E-state index in [0.29, 0.717) is 11.5 Å². The van der Waals surface area contributed by atoms with Crippen molar-refractivity contribution < 1.29 is 5.11 Å². The molecule has 0 aromatic carbocycles. The zero-order valence-electron chi connectivity index (χ0n) is 13.3. The van der Waals surface area contributed by atoms with Crippen molar-refractivity contribution in [1.82, 2.24) is 9.88 Å². The Morgan fingerprint density at radius 3 is 2.30 bits per heavy atom. The lowest BCUT2D eigenvalue weighted by atomic mass is 9.75. The Balaban J connectivity index is 2.15. The lowest BCUT2D eigenvalue weighted by Crippen LogP contribution is -2.56. The van der Waals surface area contributed by atoms with E-state index in [1.54, 1.807) is 11.3 Å². The van der Waals surface area contributed by atoms with Gasteiger partial charge in [-0.05, 0) is 39.3 Å². The maximum Gasteiger partial charge on any atom is 0.185 e. The number of hydrogen-bond acceptors (Lipinski definition) is 5. The number of nitrogens with zero attached hydrogens (tertiary/aromatic N) is 3. The van der Waals surface area contributed by atoms with Gasteiger partial charge in [0.15, 0.2) is 5.13 Å². The molecule has 20 heavy (non-hydrogen) atoms. The van der Waals surface area contributed by atoms with Gasteiger partial charge < -0.3 is 14.9 Å². The van der Waals surface area contributed by atoms with Crippen LogP contribution >= 0.6 is 11.3 Å². The first-order valence-electron chi connectivity index (χ1n) is 7.38. The highest BCUT2D eigenvalue weighted by molar-refractivity contribution is 7.15. The monoisotopic (exact) mass is 297 g/mol. The zero-order chi connectivity index (χ0) is 14.9. The molecule has 1 aliphatic carbocycles. The molecule has 1 saturated carbocycles. The van der Waals surface area contributed by atoms with Gasteiger partial charge in [0, 0.05) is 19.1 Å². The predicted octanol–water partition coefficient (Wildman–Crippen LogP) is 2.68. The number of aromatic nitrogens is 1. The summed E-state index contributed by atoms with van der Waals surface area (Å²) in [6.07, 6.45) is 3.85. The average Bonchev–Trinajstić information content (AvgIpc) is 2.77. The molecule has 1 fully saturated rings. The number of rotatable bonds is 6. The molecule has 114 valence electrons. The van der Waals surface area contributed by atoms with Crippen molar-refractivity contribution in [3.63, 3.8) is 0 Å². The summed E-state index contributed by atoms with van der Waals surface area (Å²) in [5.41, 5.74) is 1.35. The molecule has 0 amide bonds. The maximum atomic E-state index is 9.48. The first-order valence-corrected chi connectivity index (χ1v) is 8.20. The van der Waals surface area contributed by atoms with Gasteiger partial charge in [-0.1, -0.05) is 25.2 Å². The van der Waals surface area contributed by atoms with E-state index >= 15 is 0 Å². The summed E-state index contributed by atoms with van der Waals surface area (Å²) in [7, 11) is 6.47. The highest BCUT2D eigenvalue weighted by atomic mass is 32.1. The summed E-state index contributed by atoms with van der Waals surface area (Å²) in [4.78, 5) is 10.4. The van der Waals surface area contributed by atoms with Crippen LogP contribution in [0.1, 0.15) is 49.6 Å². The van der Waals surface area contributed by atoms with Crippen LogP contribution in [0.4, 0.5) is 5.13 Å². The normalized spacial score (nSPS) is 17.6. The van der Waals surface area contributed by atoms with Crippen LogP contribution in [0.25, 0.3) is 0 Å². The molecule has 0 radical (unpaired) electrons. The number of anilines is 1. The molecule has 1 aromatic heterocycles. The Hall–Kier alpha value is -0.650. The van der Waals surface area contributed by atoms with Gasteiger partial charge in [0.05, 0.1) is 17.2 Å². The quantitative estimate of drug-likeness (QED) is 0.876. The molecular formula is C15H27N3OS. The fourth-order valence-corrected chi connectivity index (χ4v) is 3.95. The van der Waals surface area contributed by atoms with Gasteiger partial charge in [-0.15, -0.1) is 0 Å². The minimum absolute atomic E-state index is 0.0951. The van der Waals surface area contributed by atoms with Gasteiger partial charge in [0.1, 0.15) is 0 Å². The first-order chi connectivity index (χ1) is 9.39.